The molecule has 0 aliphatic rings. The van der Waals surface area contributed by atoms with Crippen LogP contribution in [0.3, 0.4) is 0 Å². The van der Waals surface area contributed by atoms with Crippen LogP contribution in [0.4, 0.5) is 0 Å². The van der Waals surface area contributed by atoms with Gasteiger partial charge in [0.25, 0.3) is 0 Å². The van der Waals surface area contributed by atoms with Crippen molar-refractivity contribution in [2.75, 3.05) is 0 Å². The fraction of sp³-hybridized carbons (Fsp3) is 0.167. The molecule has 0 aromatic carbocycles. The molecule has 0 fully saturated rings. The van der Waals surface area contributed by atoms with Crippen molar-refractivity contribution < 1.29 is 9.90 Å². The second-order valence-corrected chi connectivity index (χ2v) is 4.74. The van der Waals surface area contributed by atoms with Gasteiger partial charge < -0.3 is 5.11 Å². The van der Waals surface area contributed by atoms with E-state index in [1.54, 1.807) is 6.07 Å². The highest BCUT2D eigenvalue weighted by molar-refractivity contribution is 14.1. The summed E-state index contributed by atoms with van der Waals surface area (Å²) in [5.74, 6) is -0.837. The van der Waals surface area contributed by atoms with E-state index in [1.165, 1.54) is 11.3 Å². The molecular formula is C6H5IO2S. The van der Waals surface area contributed by atoms with E-state index in [0.29, 0.717) is 4.88 Å². The summed E-state index contributed by atoms with van der Waals surface area (Å²) >= 11 is 3.44. The van der Waals surface area contributed by atoms with Crippen LogP contribution in [0.2, 0.25) is 0 Å². The Morgan fingerprint density at radius 3 is 2.60 bits per heavy atom. The molecule has 0 saturated heterocycles. The van der Waals surface area contributed by atoms with Gasteiger partial charge in [0.15, 0.2) is 0 Å². The van der Waals surface area contributed by atoms with E-state index in [4.69, 9.17) is 5.11 Å². The monoisotopic (exact) mass is 268 g/mol. The number of carbonyl (C=O) groups is 1. The first-order chi connectivity index (χ1) is 4.61. The van der Waals surface area contributed by atoms with E-state index in [9.17, 15) is 4.79 Å². The lowest BCUT2D eigenvalue weighted by Crippen LogP contribution is -1.89. The van der Waals surface area contributed by atoms with Gasteiger partial charge in [-0.25, -0.2) is 4.79 Å². The highest BCUT2D eigenvalue weighted by atomic mass is 127. The quantitative estimate of drug-likeness (QED) is 0.794. The third-order valence-electron chi connectivity index (χ3n) is 1.07. The van der Waals surface area contributed by atoms with Gasteiger partial charge in [0.05, 0.1) is 2.88 Å². The lowest BCUT2D eigenvalue weighted by atomic mass is 10.3. The number of aromatic carboxylic acids is 1. The van der Waals surface area contributed by atoms with Crippen LogP contribution < -0.4 is 0 Å². The van der Waals surface area contributed by atoms with Crippen molar-refractivity contribution in [2.45, 2.75) is 6.92 Å². The fourth-order valence-electron chi connectivity index (χ4n) is 0.565. The first-order valence-electron chi connectivity index (χ1n) is 2.60. The van der Waals surface area contributed by atoms with Gasteiger partial charge in [0.1, 0.15) is 4.88 Å². The summed E-state index contributed by atoms with van der Waals surface area (Å²) in [5.41, 5.74) is 1.04. The van der Waals surface area contributed by atoms with E-state index in [-0.39, 0.29) is 0 Å². The lowest BCUT2D eigenvalue weighted by Gasteiger charge is -1.79. The van der Waals surface area contributed by atoms with Gasteiger partial charge in [-0.3, -0.25) is 0 Å². The highest BCUT2D eigenvalue weighted by Crippen LogP contribution is 2.22. The molecule has 4 heteroatoms. The SMILES string of the molecule is Cc1cc(C(=O)O)sc1I. The zero-order chi connectivity index (χ0) is 7.72. The maximum Gasteiger partial charge on any atom is 0.345 e. The normalized spacial score (nSPS) is 9.80. The molecule has 0 atom stereocenters. The zero-order valence-electron chi connectivity index (χ0n) is 5.22. The molecule has 1 N–H and O–H groups in total. The molecule has 54 valence electrons. The van der Waals surface area contributed by atoms with Crippen molar-refractivity contribution >= 4 is 39.9 Å². The molecule has 10 heavy (non-hydrogen) atoms. The van der Waals surface area contributed by atoms with Crippen molar-refractivity contribution in [2.24, 2.45) is 0 Å². The summed E-state index contributed by atoms with van der Waals surface area (Å²) in [7, 11) is 0. The maximum atomic E-state index is 10.4. The Hall–Kier alpha value is -0.100. The molecule has 1 aromatic rings. The molecule has 0 radical (unpaired) electrons. The summed E-state index contributed by atoms with van der Waals surface area (Å²) in [4.78, 5) is 10.8. The van der Waals surface area contributed by atoms with Crippen molar-refractivity contribution in [1.82, 2.24) is 0 Å². The largest absolute Gasteiger partial charge is 0.477 e. The maximum absolute atomic E-state index is 10.4. The Kier molecular flexibility index (Phi) is 2.30. The average molecular weight is 268 g/mol. The van der Waals surface area contributed by atoms with Crippen LogP contribution in [0.15, 0.2) is 6.07 Å². The number of carboxylic acid groups (broad SMARTS) is 1. The van der Waals surface area contributed by atoms with Crippen LogP contribution in [0.1, 0.15) is 15.2 Å². The Morgan fingerprint density at radius 2 is 2.40 bits per heavy atom. The van der Waals surface area contributed by atoms with Crippen molar-refractivity contribution in [3.63, 3.8) is 0 Å². The van der Waals surface area contributed by atoms with Gasteiger partial charge in [-0.2, -0.15) is 0 Å². The van der Waals surface area contributed by atoms with E-state index in [1.807, 2.05) is 6.92 Å². The lowest BCUT2D eigenvalue weighted by molar-refractivity contribution is 0.0702. The van der Waals surface area contributed by atoms with Crippen LogP contribution in [0.25, 0.3) is 0 Å². The molecule has 1 aromatic heterocycles. The van der Waals surface area contributed by atoms with Gasteiger partial charge in [0, 0.05) is 0 Å². The number of thiophene rings is 1. The molecular weight excluding hydrogens is 263 g/mol. The molecule has 0 bridgehead atoms. The van der Waals surface area contributed by atoms with E-state index in [0.717, 1.165) is 8.45 Å². The Labute approximate surface area is 76.0 Å². The number of carboxylic acids is 1. The smallest absolute Gasteiger partial charge is 0.345 e. The van der Waals surface area contributed by atoms with Gasteiger partial charge in [-0.05, 0) is 41.1 Å². The van der Waals surface area contributed by atoms with Crippen molar-refractivity contribution in [3.05, 3.63) is 19.4 Å². The molecule has 0 saturated carbocycles. The van der Waals surface area contributed by atoms with Crippen LogP contribution in [0, 0.1) is 9.81 Å². The van der Waals surface area contributed by atoms with Gasteiger partial charge in [-0.1, -0.05) is 0 Å². The standard InChI is InChI=1S/C6H5IO2S/c1-3-2-4(6(8)9)10-5(3)7/h2H,1H3,(H,8,9). The summed E-state index contributed by atoms with van der Waals surface area (Å²) in [6.07, 6.45) is 0. The van der Waals surface area contributed by atoms with Gasteiger partial charge in [0.2, 0.25) is 0 Å². The first kappa shape index (κ1) is 8.00. The fourth-order valence-corrected chi connectivity index (χ4v) is 2.17. The molecule has 0 aliphatic heterocycles. The predicted octanol–water partition coefficient (Wildman–Crippen LogP) is 2.36. The third-order valence-corrected chi connectivity index (χ3v) is 3.59. The zero-order valence-corrected chi connectivity index (χ0v) is 8.19. The predicted molar refractivity (Wildman–Crippen MR) is 48.7 cm³/mol. The highest BCUT2D eigenvalue weighted by Gasteiger charge is 2.07. The summed E-state index contributed by atoms with van der Waals surface area (Å²) < 4.78 is 1.05. The third kappa shape index (κ3) is 1.49. The Bertz CT molecular complexity index is 247. The van der Waals surface area contributed by atoms with Crippen LogP contribution in [0.5, 0.6) is 0 Å². The minimum absolute atomic E-state index is 0.418. The summed E-state index contributed by atoms with van der Waals surface area (Å²) in [5, 5.41) is 8.53. The number of hydrogen-bond acceptors (Lipinski definition) is 2. The van der Waals surface area contributed by atoms with E-state index >= 15 is 0 Å². The van der Waals surface area contributed by atoms with Gasteiger partial charge >= 0.3 is 5.97 Å². The van der Waals surface area contributed by atoms with Gasteiger partial charge in [-0.15, -0.1) is 11.3 Å². The van der Waals surface area contributed by atoms with E-state index < -0.39 is 5.97 Å². The molecule has 0 unspecified atom stereocenters. The first-order valence-corrected chi connectivity index (χ1v) is 4.50. The van der Waals surface area contributed by atoms with Crippen LogP contribution >= 0.6 is 33.9 Å². The Morgan fingerprint density at radius 1 is 1.80 bits per heavy atom. The van der Waals surface area contributed by atoms with E-state index in [2.05, 4.69) is 22.6 Å². The Balaban J connectivity index is 3.10. The second-order valence-electron chi connectivity index (χ2n) is 1.87. The van der Waals surface area contributed by atoms with Crippen LogP contribution in [-0.2, 0) is 0 Å². The molecule has 0 aliphatic carbocycles. The molecule has 1 heterocycles. The van der Waals surface area contributed by atoms with Crippen molar-refractivity contribution in [1.29, 1.82) is 0 Å². The minimum Gasteiger partial charge on any atom is -0.477 e. The van der Waals surface area contributed by atoms with Crippen molar-refractivity contribution in [3.8, 4) is 0 Å². The average Bonchev–Trinajstić information content (AvgIpc) is 2.13. The second kappa shape index (κ2) is 2.87. The number of aryl methyl sites for hydroxylation is 1. The number of rotatable bonds is 1. The molecule has 2 nitrogen and oxygen atoms in total. The topological polar surface area (TPSA) is 37.3 Å². The number of hydrogen-bond donors (Lipinski definition) is 1. The summed E-state index contributed by atoms with van der Waals surface area (Å²) in [6, 6.07) is 1.69. The molecule has 0 amide bonds. The molecule has 1 rings (SSSR count). The summed E-state index contributed by atoms with van der Waals surface area (Å²) in [6.45, 7) is 1.91. The molecule has 0 spiro atoms. The minimum atomic E-state index is -0.837. The number of halogens is 1. The van der Waals surface area contributed by atoms with Crippen LogP contribution in [-0.4, -0.2) is 11.1 Å².